The minimum Gasteiger partial charge on any atom is -0.480 e. The first-order valence-corrected chi connectivity index (χ1v) is 7.79. The number of terminal acetylenes is 1. The molecule has 21 heavy (non-hydrogen) atoms. The maximum atomic E-state index is 12.5. The van der Waals surface area contributed by atoms with Gasteiger partial charge in [-0.1, -0.05) is 18.8 Å². The number of carbonyl (C=O) groups excluding carboxylic acids is 1. The number of aliphatic carboxylic acids is 1. The molecule has 0 bridgehead atoms. The first kappa shape index (κ1) is 15.8. The molecule has 2 fully saturated rings. The lowest BCUT2D eigenvalue weighted by molar-refractivity contribution is -0.141. The van der Waals surface area contributed by atoms with E-state index in [1.807, 2.05) is 4.90 Å². The first-order valence-electron chi connectivity index (χ1n) is 7.79. The van der Waals surface area contributed by atoms with Gasteiger partial charge in [-0.2, -0.15) is 0 Å². The van der Waals surface area contributed by atoms with Crippen LogP contribution in [0.2, 0.25) is 0 Å². The fraction of sp³-hybridized carbons (Fsp3) is 0.750. The van der Waals surface area contributed by atoms with Crippen molar-refractivity contribution in [1.29, 1.82) is 0 Å². The molecule has 1 saturated carbocycles. The van der Waals surface area contributed by atoms with Gasteiger partial charge in [0.15, 0.2) is 0 Å². The zero-order valence-corrected chi connectivity index (χ0v) is 12.5. The molecule has 2 unspecified atom stereocenters. The van der Waals surface area contributed by atoms with Crippen molar-refractivity contribution < 1.29 is 14.7 Å². The van der Waals surface area contributed by atoms with Crippen LogP contribution in [0.5, 0.6) is 0 Å². The summed E-state index contributed by atoms with van der Waals surface area (Å²) in [5.41, 5.74) is 0. The number of carboxylic acid groups (broad SMARTS) is 1. The zero-order valence-electron chi connectivity index (χ0n) is 12.5. The third kappa shape index (κ3) is 4.21. The Hall–Kier alpha value is -1.54. The summed E-state index contributed by atoms with van der Waals surface area (Å²) in [6.07, 6.45) is 12.3. The molecule has 1 saturated heterocycles. The number of carboxylic acids is 1. The predicted molar refractivity (Wildman–Crippen MR) is 79.6 cm³/mol. The predicted octanol–water partition coefficient (Wildman–Crippen LogP) is 1.19. The summed E-state index contributed by atoms with van der Waals surface area (Å²) >= 11 is 0. The van der Waals surface area contributed by atoms with Gasteiger partial charge in [-0.25, -0.2) is 0 Å². The normalized spacial score (nSPS) is 25.2. The highest BCUT2D eigenvalue weighted by Crippen LogP contribution is 2.35. The molecule has 1 N–H and O–H groups in total. The first-order chi connectivity index (χ1) is 10.1. The van der Waals surface area contributed by atoms with Crippen LogP contribution < -0.4 is 0 Å². The van der Waals surface area contributed by atoms with Crippen LogP contribution in [-0.2, 0) is 9.59 Å². The lowest BCUT2D eigenvalue weighted by atomic mass is 9.78. The molecule has 2 rings (SSSR count). The number of rotatable bonds is 5. The average Bonchev–Trinajstić information content (AvgIpc) is 2.46. The quantitative estimate of drug-likeness (QED) is 0.773. The summed E-state index contributed by atoms with van der Waals surface area (Å²) in [6.45, 7) is 0.925. The van der Waals surface area contributed by atoms with E-state index in [1.54, 1.807) is 0 Å². The largest absolute Gasteiger partial charge is 0.480 e. The molecule has 1 aliphatic heterocycles. The summed E-state index contributed by atoms with van der Waals surface area (Å²) in [4.78, 5) is 26.9. The van der Waals surface area contributed by atoms with Crippen LogP contribution in [0.25, 0.3) is 0 Å². The van der Waals surface area contributed by atoms with Gasteiger partial charge in [0.05, 0.1) is 19.6 Å². The molecule has 1 heterocycles. The lowest BCUT2D eigenvalue weighted by Gasteiger charge is -2.44. The molecule has 116 valence electrons. The number of fused-ring (bicyclic) bond motifs is 1. The summed E-state index contributed by atoms with van der Waals surface area (Å²) in [7, 11) is 0. The minimum absolute atomic E-state index is 0.0306. The van der Waals surface area contributed by atoms with E-state index in [9.17, 15) is 9.59 Å². The second-order valence-corrected chi connectivity index (χ2v) is 6.08. The van der Waals surface area contributed by atoms with Crippen LogP contribution in [0.15, 0.2) is 0 Å². The zero-order chi connectivity index (χ0) is 15.2. The molecule has 2 atom stereocenters. The number of piperidine rings is 1. The number of hydrogen-bond donors (Lipinski definition) is 1. The van der Waals surface area contributed by atoms with Crippen LogP contribution in [0, 0.1) is 18.3 Å². The van der Waals surface area contributed by atoms with E-state index in [-0.39, 0.29) is 25.5 Å². The molecule has 1 aliphatic carbocycles. The van der Waals surface area contributed by atoms with Crippen molar-refractivity contribution in [2.24, 2.45) is 5.92 Å². The van der Waals surface area contributed by atoms with Gasteiger partial charge in [0.1, 0.15) is 0 Å². The van der Waals surface area contributed by atoms with E-state index in [0.717, 1.165) is 19.4 Å². The second kappa shape index (κ2) is 7.46. The Kier molecular flexibility index (Phi) is 5.63. The van der Waals surface area contributed by atoms with Crippen molar-refractivity contribution in [3.63, 3.8) is 0 Å². The molecule has 1 amide bonds. The van der Waals surface area contributed by atoms with E-state index in [0.29, 0.717) is 12.0 Å². The van der Waals surface area contributed by atoms with Gasteiger partial charge in [0.2, 0.25) is 5.91 Å². The Morgan fingerprint density at radius 3 is 2.62 bits per heavy atom. The van der Waals surface area contributed by atoms with Crippen molar-refractivity contribution in [3.05, 3.63) is 0 Å². The van der Waals surface area contributed by atoms with E-state index in [1.165, 1.54) is 30.6 Å². The maximum Gasteiger partial charge on any atom is 0.317 e. The van der Waals surface area contributed by atoms with Crippen molar-refractivity contribution in [2.75, 3.05) is 26.2 Å². The van der Waals surface area contributed by atoms with Gasteiger partial charge >= 0.3 is 5.97 Å². The Labute approximate surface area is 126 Å². The van der Waals surface area contributed by atoms with Gasteiger partial charge in [0, 0.05) is 12.6 Å². The highest BCUT2D eigenvalue weighted by atomic mass is 16.4. The molecule has 5 nitrogen and oxygen atoms in total. The smallest absolute Gasteiger partial charge is 0.317 e. The van der Waals surface area contributed by atoms with Crippen molar-refractivity contribution in [3.8, 4) is 12.3 Å². The molecule has 0 aromatic rings. The molecule has 0 aromatic carbocycles. The van der Waals surface area contributed by atoms with Gasteiger partial charge in [-0.05, 0) is 31.6 Å². The summed E-state index contributed by atoms with van der Waals surface area (Å²) < 4.78 is 0. The number of nitrogens with zero attached hydrogens (tertiary/aromatic N) is 2. The molecule has 5 heteroatoms. The van der Waals surface area contributed by atoms with Gasteiger partial charge in [-0.3, -0.25) is 14.5 Å². The van der Waals surface area contributed by atoms with Crippen LogP contribution in [0.3, 0.4) is 0 Å². The Balaban J connectivity index is 1.97. The summed E-state index contributed by atoms with van der Waals surface area (Å²) in [6, 6.07) is 0.359. The van der Waals surface area contributed by atoms with Crippen LogP contribution >= 0.6 is 0 Å². The topological polar surface area (TPSA) is 60.9 Å². The van der Waals surface area contributed by atoms with Crippen molar-refractivity contribution in [1.82, 2.24) is 9.80 Å². The van der Waals surface area contributed by atoms with Crippen LogP contribution in [0.1, 0.15) is 38.5 Å². The van der Waals surface area contributed by atoms with Crippen molar-refractivity contribution >= 4 is 11.9 Å². The third-order valence-corrected chi connectivity index (χ3v) is 4.60. The van der Waals surface area contributed by atoms with E-state index >= 15 is 0 Å². The molecule has 0 radical (unpaired) electrons. The highest BCUT2D eigenvalue weighted by Gasteiger charge is 2.35. The summed E-state index contributed by atoms with van der Waals surface area (Å²) in [5.74, 6) is 2.14. The van der Waals surface area contributed by atoms with E-state index < -0.39 is 5.97 Å². The molecular weight excluding hydrogens is 268 g/mol. The van der Waals surface area contributed by atoms with Crippen LogP contribution in [-0.4, -0.2) is 59.0 Å². The lowest BCUT2D eigenvalue weighted by Crippen LogP contribution is -2.52. The number of carbonyl (C=O) groups is 2. The molecule has 0 spiro atoms. The number of hydrogen-bond acceptors (Lipinski definition) is 3. The minimum atomic E-state index is -0.952. The monoisotopic (exact) mass is 292 g/mol. The van der Waals surface area contributed by atoms with E-state index in [4.69, 9.17) is 11.5 Å². The fourth-order valence-corrected chi connectivity index (χ4v) is 3.70. The SMILES string of the molecule is C#CCN(CC(=O)O)CC(=O)N1CCCC2CCCCC21. The fourth-order valence-electron chi connectivity index (χ4n) is 3.70. The Bertz CT molecular complexity index is 428. The summed E-state index contributed by atoms with van der Waals surface area (Å²) in [5, 5.41) is 8.89. The standard InChI is InChI=1S/C16H24N2O3/c1-2-9-17(12-16(20)21)11-15(19)18-10-5-7-13-6-3-4-8-14(13)18/h1,13-14H,3-12H2,(H,20,21). The Morgan fingerprint density at radius 1 is 1.19 bits per heavy atom. The van der Waals surface area contributed by atoms with Crippen molar-refractivity contribution in [2.45, 2.75) is 44.6 Å². The second-order valence-electron chi connectivity index (χ2n) is 6.08. The number of amides is 1. The van der Waals surface area contributed by atoms with Gasteiger partial charge in [-0.15, -0.1) is 6.42 Å². The average molecular weight is 292 g/mol. The number of likely N-dealkylation sites (tertiary alicyclic amines) is 1. The third-order valence-electron chi connectivity index (χ3n) is 4.60. The molecular formula is C16H24N2O3. The Morgan fingerprint density at radius 2 is 1.90 bits per heavy atom. The van der Waals surface area contributed by atoms with Crippen LogP contribution in [0.4, 0.5) is 0 Å². The van der Waals surface area contributed by atoms with E-state index in [2.05, 4.69) is 5.92 Å². The highest BCUT2D eigenvalue weighted by molar-refractivity contribution is 5.79. The van der Waals surface area contributed by atoms with Gasteiger partial charge in [0.25, 0.3) is 0 Å². The molecule has 0 aromatic heterocycles. The van der Waals surface area contributed by atoms with Gasteiger partial charge < -0.3 is 10.0 Å². The maximum absolute atomic E-state index is 12.5. The molecule has 2 aliphatic rings.